The van der Waals surface area contributed by atoms with Crippen molar-refractivity contribution < 1.29 is 4.79 Å². The summed E-state index contributed by atoms with van der Waals surface area (Å²) in [4.78, 5) is 15.3. The molecule has 4 heteroatoms. The minimum absolute atomic E-state index is 0. The van der Waals surface area contributed by atoms with Crippen LogP contribution in [-0.4, -0.2) is 29.4 Å². The van der Waals surface area contributed by atoms with Crippen molar-refractivity contribution in [1.82, 2.24) is 4.90 Å². The van der Waals surface area contributed by atoms with Gasteiger partial charge in [-0.25, -0.2) is 0 Å². The minimum Gasteiger partial charge on any atom is -0.324 e. The van der Waals surface area contributed by atoms with E-state index in [-0.39, 0.29) is 24.4 Å². The van der Waals surface area contributed by atoms with E-state index in [1.54, 1.807) is 0 Å². The molecule has 0 radical (unpaired) electrons. The fraction of sp³-hybridized carbons (Fsp3) is 0.632. The first-order valence-corrected chi connectivity index (χ1v) is 8.71. The van der Waals surface area contributed by atoms with Crippen LogP contribution < -0.4 is 5.32 Å². The average Bonchev–Trinajstić information content (AvgIpc) is 2.52. The number of hydrogen-bond donors (Lipinski definition) is 1. The summed E-state index contributed by atoms with van der Waals surface area (Å²) in [6.07, 6.45) is 5.58. The Hall–Kier alpha value is -1.06. The van der Waals surface area contributed by atoms with E-state index in [1.807, 2.05) is 6.07 Å². The SMILES string of the molecule is CCC(CC)N1CCCCC1C(=O)Nc1c(C)cccc1C.Cl. The second-order valence-corrected chi connectivity index (χ2v) is 6.48. The number of para-hydroxylation sites is 1. The van der Waals surface area contributed by atoms with Gasteiger partial charge in [0.05, 0.1) is 6.04 Å². The molecule has 0 aliphatic carbocycles. The number of piperidine rings is 1. The van der Waals surface area contributed by atoms with Gasteiger partial charge in [0.15, 0.2) is 0 Å². The first-order valence-electron chi connectivity index (χ1n) is 8.71. The summed E-state index contributed by atoms with van der Waals surface area (Å²) < 4.78 is 0. The van der Waals surface area contributed by atoms with E-state index in [0.717, 1.165) is 49.0 Å². The molecule has 0 spiro atoms. The maximum Gasteiger partial charge on any atom is 0.241 e. The molecule has 1 amide bonds. The van der Waals surface area contributed by atoms with Crippen molar-refractivity contribution in [2.45, 2.75) is 71.9 Å². The predicted molar refractivity (Wildman–Crippen MR) is 101 cm³/mol. The highest BCUT2D eigenvalue weighted by atomic mass is 35.5. The summed E-state index contributed by atoms with van der Waals surface area (Å²) in [5.41, 5.74) is 3.26. The normalized spacial score (nSPS) is 18.6. The summed E-state index contributed by atoms with van der Waals surface area (Å²) in [6.45, 7) is 9.62. The monoisotopic (exact) mass is 338 g/mol. The number of anilines is 1. The number of carbonyl (C=O) groups is 1. The van der Waals surface area contributed by atoms with Crippen molar-refractivity contribution in [1.29, 1.82) is 0 Å². The summed E-state index contributed by atoms with van der Waals surface area (Å²) in [6, 6.07) is 6.70. The van der Waals surface area contributed by atoms with E-state index < -0.39 is 0 Å². The fourth-order valence-electron chi connectivity index (χ4n) is 3.65. The van der Waals surface area contributed by atoms with Gasteiger partial charge in [-0.05, 0) is 57.2 Å². The Morgan fingerprint density at radius 1 is 1.22 bits per heavy atom. The van der Waals surface area contributed by atoms with E-state index in [9.17, 15) is 4.79 Å². The van der Waals surface area contributed by atoms with Crippen LogP contribution in [0.5, 0.6) is 0 Å². The molecule has 0 bridgehead atoms. The zero-order chi connectivity index (χ0) is 16.1. The Balaban J connectivity index is 0.00000264. The number of likely N-dealkylation sites (tertiary alicyclic amines) is 1. The van der Waals surface area contributed by atoms with Gasteiger partial charge in [-0.2, -0.15) is 0 Å². The molecular weight excluding hydrogens is 308 g/mol. The Kier molecular flexibility index (Phi) is 8.07. The van der Waals surface area contributed by atoms with Crippen LogP contribution in [0, 0.1) is 13.8 Å². The van der Waals surface area contributed by atoms with Gasteiger partial charge in [-0.1, -0.05) is 38.5 Å². The molecule has 130 valence electrons. The molecule has 1 aromatic carbocycles. The number of hydrogen-bond acceptors (Lipinski definition) is 2. The molecule has 1 saturated heterocycles. The van der Waals surface area contributed by atoms with Crippen LogP contribution in [0.3, 0.4) is 0 Å². The number of halogens is 1. The van der Waals surface area contributed by atoms with Gasteiger partial charge < -0.3 is 5.32 Å². The number of aryl methyl sites for hydroxylation is 2. The first kappa shape index (κ1) is 20.0. The topological polar surface area (TPSA) is 32.3 Å². The standard InChI is InChI=1S/C19H30N2O.ClH/c1-5-16(6-2)21-13-8-7-12-17(21)19(22)20-18-14(3)10-9-11-15(18)4;/h9-11,16-17H,5-8,12-13H2,1-4H3,(H,20,22);1H. The molecular formula is C19H31ClN2O. The van der Waals surface area contributed by atoms with E-state index in [2.05, 4.69) is 50.0 Å². The first-order chi connectivity index (χ1) is 10.6. The zero-order valence-corrected chi connectivity index (χ0v) is 15.7. The number of benzene rings is 1. The van der Waals surface area contributed by atoms with E-state index in [1.165, 1.54) is 6.42 Å². The third-order valence-electron chi connectivity index (χ3n) is 4.99. The Labute approximate surface area is 147 Å². The lowest BCUT2D eigenvalue weighted by Crippen LogP contribution is -2.51. The maximum absolute atomic E-state index is 12.9. The van der Waals surface area contributed by atoms with Gasteiger partial charge in [0.25, 0.3) is 0 Å². The third kappa shape index (κ3) is 4.71. The van der Waals surface area contributed by atoms with Gasteiger partial charge in [0.1, 0.15) is 0 Å². The number of carbonyl (C=O) groups excluding carboxylic acids is 1. The molecule has 1 heterocycles. The van der Waals surface area contributed by atoms with Crippen LogP contribution in [-0.2, 0) is 4.79 Å². The van der Waals surface area contributed by atoms with Crippen LogP contribution in [0.2, 0.25) is 0 Å². The smallest absolute Gasteiger partial charge is 0.241 e. The van der Waals surface area contributed by atoms with Gasteiger partial charge >= 0.3 is 0 Å². The Morgan fingerprint density at radius 2 is 1.83 bits per heavy atom. The molecule has 0 aromatic heterocycles. The van der Waals surface area contributed by atoms with Crippen LogP contribution >= 0.6 is 12.4 Å². The van der Waals surface area contributed by atoms with Crippen LogP contribution in [0.15, 0.2) is 18.2 Å². The van der Waals surface area contributed by atoms with Crippen molar-refractivity contribution in [2.24, 2.45) is 0 Å². The van der Waals surface area contributed by atoms with E-state index in [0.29, 0.717) is 6.04 Å². The van der Waals surface area contributed by atoms with Crippen molar-refractivity contribution >= 4 is 24.0 Å². The molecule has 3 nitrogen and oxygen atoms in total. The maximum atomic E-state index is 12.9. The third-order valence-corrected chi connectivity index (χ3v) is 4.99. The lowest BCUT2D eigenvalue weighted by molar-refractivity contribution is -0.123. The average molecular weight is 339 g/mol. The summed E-state index contributed by atoms with van der Waals surface area (Å²) in [5.74, 6) is 0.170. The lowest BCUT2D eigenvalue weighted by Gasteiger charge is -2.40. The molecule has 1 aliphatic rings. The predicted octanol–water partition coefficient (Wildman–Crippen LogP) is 4.71. The van der Waals surface area contributed by atoms with Crippen molar-refractivity contribution in [3.63, 3.8) is 0 Å². The Bertz CT molecular complexity index is 494. The summed E-state index contributed by atoms with van der Waals surface area (Å²) in [5, 5.41) is 3.20. The van der Waals surface area contributed by atoms with Crippen molar-refractivity contribution in [2.75, 3.05) is 11.9 Å². The molecule has 1 N–H and O–H groups in total. The van der Waals surface area contributed by atoms with Crippen LogP contribution in [0.4, 0.5) is 5.69 Å². The number of rotatable bonds is 5. The van der Waals surface area contributed by atoms with Crippen LogP contribution in [0.1, 0.15) is 57.1 Å². The highest BCUT2D eigenvalue weighted by Crippen LogP contribution is 2.25. The second kappa shape index (κ2) is 9.29. The minimum atomic E-state index is 0. The van der Waals surface area contributed by atoms with Gasteiger partial charge in [0, 0.05) is 11.7 Å². The molecule has 1 aliphatic heterocycles. The van der Waals surface area contributed by atoms with Gasteiger partial charge in [0.2, 0.25) is 5.91 Å². The number of amides is 1. The molecule has 1 atom stereocenters. The molecule has 1 unspecified atom stereocenters. The van der Waals surface area contributed by atoms with Gasteiger partial charge in [-0.3, -0.25) is 9.69 Å². The molecule has 0 saturated carbocycles. The summed E-state index contributed by atoms with van der Waals surface area (Å²) in [7, 11) is 0. The molecule has 1 aromatic rings. The number of nitrogens with one attached hydrogen (secondary N) is 1. The number of nitrogens with zero attached hydrogens (tertiary/aromatic N) is 1. The molecule has 1 fully saturated rings. The molecule has 2 rings (SSSR count). The zero-order valence-electron chi connectivity index (χ0n) is 14.9. The van der Waals surface area contributed by atoms with Gasteiger partial charge in [-0.15, -0.1) is 12.4 Å². The highest BCUT2D eigenvalue weighted by molar-refractivity contribution is 5.96. The largest absolute Gasteiger partial charge is 0.324 e. The second-order valence-electron chi connectivity index (χ2n) is 6.48. The van der Waals surface area contributed by atoms with E-state index in [4.69, 9.17) is 0 Å². The molecule has 23 heavy (non-hydrogen) atoms. The van der Waals surface area contributed by atoms with Crippen molar-refractivity contribution in [3.8, 4) is 0 Å². The summed E-state index contributed by atoms with van der Waals surface area (Å²) >= 11 is 0. The lowest BCUT2D eigenvalue weighted by atomic mass is 9.96. The quantitative estimate of drug-likeness (QED) is 0.843. The van der Waals surface area contributed by atoms with Crippen LogP contribution in [0.25, 0.3) is 0 Å². The highest BCUT2D eigenvalue weighted by Gasteiger charge is 2.32. The van der Waals surface area contributed by atoms with E-state index >= 15 is 0 Å². The fourth-order valence-corrected chi connectivity index (χ4v) is 3.65. The van der Waals surface area contributed by atoms with Crippen molar-refractivity contribution in [3.05, 3.63) is 29.3 Å². The Morgan fingerprint density at radius 3 is 2.39 bits per heavy atom.